The minimum absolute atomic E-state index is 0.0836. The molecule has 0 aliphatic carbocycles. The van der Waals surface area contributed by atoms with E-state index in [1.807, 2.05) is 0 Å². The Morgan fingerprint density at radius 3 is 2.94 bits per heavy atom. The number of hydrogen-bond acceptors (Lipinski definition) is 4. The SMILES string of the molecule is CCOC(=O)C(=O)c1ccc2c(c1F)CCO2. The summed E-state index contributed by atoms with van der Waals surface area (Å²) in [5.74, 6) is -2.25. The molecule has 1 aliphatic rings. The summed E-state index contributed by atoms with van der Waals surface area (Å²) < 4.78 is 23.6. The molecular formula is C12H11FO4. The van der Waals surface area contributed by atoms with Crippen LogP contribution in [-0.4, -0.2) is 25.0 Å². The third kappa shape index (κ3) is 2.00. The van der Waals surface area contributed by atoms with Gasteiger partial charge in [0.05, 0.1) is 18.8 Å². The normalized spacial score (nSPS) is 12.8. The van der Waals surface area contributed by atoms with Crippen LogP contribution in [0.2, 0.25) is 0 Å². The zero-order chi connectivity index (χ0) is 12.4. The molecule has 2 rings (SSSR count). The van der Waals surface area contributed by atoms with Crippen LogP contribution in [0.1, 0.15) is 22.8 Å². The molecule has 0 fully saturated rings. The van der Waals surface area contributed by atoms with E-state index in [9.17, 15) is 14.0 Å². The van der Waals surface area contributed by atoms with Gasteiger partial charge in [0.15, 0.2) is 0 Å². The van der Waals surface area contributed by atoms with Crippen molar-refractivity contribution in [3.8, 4) is 5.75 Å². The molecule has 0 amide bonds. The average molecular weight is 238 g/mol. The third-order valence-electron chi connectivity index (χ3n) is 2.52. The molecule has 0 N–H and O–H groups in total. The van der Waals surface area contributed by atoms with Gasteiger partial charge in [0.1, 0.15) is 11.6 Å². The van der Waals surface area contributed by atoms with E-state index < -0.39 is 17.6 Å². The smallest absolute Gasteiger partial charge is 0.379 e. The Bertz CT molecular complexity index is 482. The van der Waals surface area contributed by atoms with Gasteiger partial charge in [0, 0.05) is 12.0 Å². The lowest BCUT2D eigenvalue weighted by molar-refractivity contribution is -0.137. The van der Waals surface area contributed by atoms with E-state index in [4.69, 9.17) is 4.74 Å². The molecule has 1 aromatic rings. The number of Topliss-reactive ketones (excluding diaryl/α,β-unsaturated/α-hetero) is 1. The molecule has 0 unspecified atom stereocenters. The number of fused-ring (bicyclic) bond motifs is 1. The molecule has 90 valence electrons. The van der Waals surface area contributed by atoms with Crippen LogP contribution in [-0.2, 0) is 16.0 Å². The average Bonchev–Trinajstić information content (AvgIpc) is 2.78. The van der Waals surface area contributed by atoms with Gasteiger partial charge in [-0.3, -0.25) is 4.79 Å². The van der Waals surface area contributed by atoms with Gasteiger partial charge >= 0.3 is 5.97 Å². The van der Waals surface area contributed by atoms with Crippen LogP contribution >= 0.6 is 0 Å². The number of carbonyl (C=O) groups excluding carboxylic acids is 2. The summed E-state index contributed by atoms with van der Waals surface area (Å²) in [6.45, 7) is 2.06. The van der Waals surface area contributed by atoms with Crippen molar-refractivity contribution in [2.75, 3.05) is 13.2 Å². The highest BCUT2D eigenvalue weighted by Crippen LogP contribution is 2.29. The van der Waals surface area contributed by atoms with Gasteiger partial charge in [0.2, 0.25) is 0 Å². The van der Waals surface area contributed by atoms with Gasteiger partial charge in [-0.15, -0.1) is 0 Å². The van der Waals surface area contributed by atoms with Crippen molar-refractivity contribution in [2.24, 2.45) is 0 Å². The monoisotopic (exact) mass is 238 g/mol. The third-order valence-corrected chi connectivity index (χ3v) is 2.52. The topological polar surface area (TPSA) is 52.6 Å². The van der Waals surface area contributed by atoms with Crippen LogP contribution in [0.3, 0.4) is 0 Å². The number of rotatable bonds is 3. The summed E-state index contributed by atoms with van der Waals surface area (Å²) in [7, 11) is 0. The number of esters is 1. The van der Waals surface area contributed by atoms with Crippen LogP contribution in [0.5, 0.6) is 5.75 Å². The first-order valence-corrected chi connectivity index (χ1v) is 5.30. The predicted octanol–water partition coefficient (Wildman–Crippen LogP) is 1.51. The highest BCUT2D eigenvalue weighted by molar-refractivity contribution is 6.40. The number of carbonyl (C=O) groups is 2. The Morgan fingerprint density at radius 2 is 2.24 bits per heavy atom. The Kier molecular flexibility index (Phi) is 3.08. The minimum atomic E-state index is -1.04. The maximum atomic E-state index is 13.9. The van der Waals surface area contributed by atoms with E-state index in [0.717, 1.165) is 0 Å². The van der Waals surface area contributed by atoms with E-state index in [1.165, 1.54) is 12.1 Å². The standard InChI is InChI=1S/C12H11FO4/c1-2-16-12(15)11(14)8-3-4-9-7(10(8)13)5-6-17-9/h3-4H,2,5-6H2,1H3. The Morgan fingerprint density at radius 1 is 1.47 bits per heavy atom. The molecule has 1 aromatic carbocycles. The quantitative estimate of drug-likeness (QED) is 0.455. The molecule has 0 aromatic heterocycles. The Balaban J connectivity index is 2.34. The van der Waals surface area contributed by atoms with Gasteiger partial charge in [-0.25, -0.2) is 9.18 Å². The molecule has 0 saturated carbocycles. The number of ketones is 1. The maximum absolute atomic E-state index is 13.9. The Labute approximate surface area is 97.3 Å². The van der Waals surface area contributed by atoms with Crippen molar-refractivity contribution in [3.63, 3.8) is 0 Å². The van der Waals surface area contributed by atoms with Crippen LogP contribution in [0.25, 0.3) is 0 Å². The van der Waals surface area contributed by atoms with Crippen molar-refractivity contribution in [1.29, 1.82) is 0 Å². The fraction of sp³-hybridized carbons (Fsp3) is 0.333. The fourth-order valence-corrected chi connectivity index (χ4v) is 1.72. The number of benzene rings is 1. The molecule has 1 aliphatic heterocycles. The maximum Gasteiger partial charge on any atom is 0.379 e. The van der Waals surface area contributed by atoms with Crippen molar-refractivity contribution < 1.29 is 23.5 Å². The zero-order valence-corrected chi connectivity index (χ0v) is 9.29. The molecular weight excluding hydrogens is 227 g/mol. The lowest BCUT2D eigenvalue weighted by Crippen LogP contribution is -2.19. The molecule has 1 heterocycles. The lowest BCUT2D eigenvalue weighted by Gasteiger charge is -2.05. The molecule has 0 radical (unpaired) electrons. The number of hydrogen-bond donors (Lipinski definition) is 0. The summed E-state index contributed by atoms with van der Waals surface area (Å²) >= 11 is 0. The summed E-state index contributed by atoms with van der Waals surface area (Å²) in [5.41, 5.74) is 0.0906. The van der Waals surface area contributed by atoms with Crippen LogP contribution < -0.4 is 4.74 Å². The summed E-state index contributed by atoms with van der Waals surface area (Å²) in [6, 6.07) is 2.75. The second-order valence-corrected chi connectivity index (χ2v) is 3.55. The predicted molar refractivity (Wildman–Crippen MR) is 56.6 cm³/mol. The van der Waals surface area contributed by atoms with Gasteiger partial charge < -0.3 is 9.47 Å². The summed E-state index contributed by atoms with van der Waals surface area (Å²) in [6.07, 6.45) is 0.408. The van der Waals surface area contributed by atoms with Crippen molar-refractivity contribution in [3.05, 3.63) is 29.1 Å². The number of halogens is 1. The molecule has 0 saturated heterocycles. The second kappa shape index (κ2) is 4.53. The molecule has 5 heteroatoms. The lowest BCUT2D eigenvalue weighted by atomic mass is 10.0. The van der Waals surface area contributed by atoms with Gasteiger partial charge in [-0.2, -0.15) is 0 Å². The van der Waals surface area contributed by atoms with Gasteiger partial charge in [-0.05, 0) is 19.1 Å². The van der Waals surface area contributed by atoms with E-state index in [2.05, 4.69) is 4.74 Å². The van der Waals surface area contributed by atoms with Crippen molar-refractivity contribution in [1.82, 2.24) is 0 Å². The summed E-state index contributed by atoms with van der Waals surface area (Å²) in [4.78, 5) is 22.8. The highest BCUT2D eigenvalue weighted by Gasteiger charge is 2.26. The van der Waals surface area contributed by atoms with Crippen LogP contribution in [0.4, 0.5) is 4.39 Å². The second-order valence-electron chi connectivity index (χ2n) is 3.55. The zero-order valence-electron chi connectivity index (χ0n) is 9.29. The van der Waals surface area contributed by atoms with Crippen LogP contribution in [0, 0.1) is 5.82 Å². The largest absolute Gasteiger partial charge is 0.493 e. The molecule has 4 nitrogen and oxygen atoms in total. The highest BCUT2D eigenvalue weighted by atomic mass is 19.1. The Hall–Kier alpha value is -1.91. The molecule has 17 heavy (non-hydrogen) atoms. The van der Waals surface area contributed by atoms with E-state index >= 15 is 0 Å². The van der Waals surface area contributed by atoms with E-state index in [-0.39, 0.29) is 12.2 Å². The minimum Gasteiger partial charge on any atom is -0.493 e. The van der Waals surface area contributed by atoms with Crippen molar-refractivity contribution >= 4 is 11.8 Å². The van der Waals surface area contributed by atoms with Gasteiger partial charge in [-0.1, -0.05) is 0 Å². The molecule has 0 bridgehead atoms. The first-order valence-electron chi connectivity index (χ1n) is 5.30. The first-order chi connectivity index (χ1) is 8.15. The van der Waals surface area contributed by atoms with E-state index in [1.54, 1.807) is 6.92 Å². The van der Waals surface area contributed by atoms with Gasteiger partial charge in [0.25, 0.3) is 5.78 Å². The summed E-state index contributed by atoms with van der Waals surface area (Å²) in [5, 5.41) is 0. The number of ether oxygens (including phenoxy) is 2. The fourth-order valence-electron chi connectivity index (χ4n) is 1.72. The first kappa shape index (κ1) is 11.6. The van der Waals surface area contributed by atoms with Crippen LogP contribution in [0.15, 0.2) is 12.1 Å². The molecule has 0 atom stereocenters. The van der Waals surface area contributed by atoms with Crippen molar-refractivity contribution in [2.45, 2.75) is 13.3 Å². The van der Waals surface area contributed by atoms with E-state index in [0.29, 0.717) is 24.3 Å². The molecule has 0 spiro atoms.